The van der Waals surface area contributed by atoms with Gasteiger partial charge in [-0.3, -0.25) is 0 Å². The van der Waals surface area contributed by atoms with Crippen molar-refractivity contribution >= 4 is 23.1 Å². The minimum Gasteiger partial charge on any atom is -0.389 e. The minimum atomic E-state index is -0.556. The second kappa shape index (κ2) is 5.58. The van der Waals surface area contributed by atoms with Crippen LogP contribution in [0.5, 0.6) is 0 Å². The average molecular weight is 338 g/mol. The lowest BCUT2D eigenvalue weighted by atomic mass is 10.0. The van der Waals surface area contributed by atoms with Gasteiger partial charge in [-0.2, -0.15) is 0 Å². The number of hydrogen-bond acceptors (Lipinski definition) is 6. The maximum Gasteiger partial charge on any atom is 0.241 e. The highest BCUT2D eigenvalue weighted by molar-refractivity contribution is 6.32. The molecule has 0 unspecified atom stereocenters. The third-order valence-corrected chi connectivity index (χ3v) is 5.27. The highest BCUT2D eigenvalue weighted by Gasteiger charge is 2.46. The second-order valence-electron chi connectivity index (χ2n) is 6.42. The number of rotatable bonds is 4. The number of nitrogens with one attached hydrogen (secondary N) is 1. The van der Waals surface area contributed by atoms with Crippen LogP contribution in [0.4, 0.5) is 5.95 Å². The first-order valence-electron chi connectivity index (χ1n) is 8.07. The normalized spacial score (nSPS) is 26.4. The summed E-state index contributed by atoms with van der Waals surface area (Å²) < 4.78 is 7.05. The van der Waals surface area contributed by atoms with E-state index in [1.165, 1.54) is 0 Å². The topological polar surface area (TPSA) is 84.6 Å². The van der Waals surface area contributed by atoms with E-state index in [9.17, 15) is 5.11 Å². The van der Waals surface area contributed by atoms with Crippen molar-refractivity contribution in [3.05, 3.63) is 17.2 Å². The van der Waals surface area contributed by atoms with Crippen molar-refractivity contribution < 1.29 is 9.84 Å². The van der Waals surface area contributed by atoms with Crippen molar-refractivity contribution in [2.45, 2.75) is 50.2 Å². The molecule has 4 rings (SSSR count). The van der Waals surface area contributed by atoms with Gasteiger partial charge in [0.05, 0.1) is 24.9 Å². The summed E-state index contributed by atoms with van der Waals surface area (Å²) in [6.45, 7) is 3.12. The first-order valence-corrected chi connectivity index (χ1v) is 8.45. The van der Waals surface area contributed by atoms with Gasteiger partial charge in [0.25, 0.3) is 0 Å². The molecule has 0 radical (unpaired) electrons. The Bertz CT molecular complexity index is 730. The number of imidazole rings is 1. The van der Waals surface area contributed by atoms with Gasteiger partial charge in [0, 0.05) is 12.0 Å². The summed E-state index contributed by atoms with van der Waals surface area (Å²) in [4.78, 5) is 8.84. The van der Waals surface area contributed by atoms with Crippen LogP contribution in [0.3, 0.4) is 0 Å². The highest BCUT2D eigenvalue weighted by Crippen LogP contribution is 2.50. The SMILES string of the molecule is CCC1(c2nc(Cl)c3cnc(N[C@@H]4CCOC[C@H]4O)nn23)CC1. The Labute approximate surface area is 139 Å². The molecule has 23 heavy (non-hydrogen) atoms. The van der Waals surface area contributed by atoms with Crippen LogP contribution in [0.15, 0.2) is 6.20 Å². The fraction of sp³-hybridized carbons (Fsp3) is 0.667. The fourth-order valence-electron chi connectivity index (χ4n) is 3.20. The maximum absolute atomic E-state index is 10.00. The lowest BCUT2D eigenvalue weighted by molar-refractivity contribution is -0.0136. The van der Waals surface area contributed by atoms with E-state index in [1.54, 1.807) is 10.7 Å². The summed E-state index contributed by atoms with van der Waals surface area (Å²) in [7, 11) is 0. The zero-order chi connectivity index (χ0) is 16.0. The van der Waals surface area contributed by atoms with Gasteiger partial charge in [0.1, 0.15) is 11.3 Å². The Kier molecular flexibility index (Phi) is 3.66. The molecule has 1 saturated carbocycles. The molecule has 2 atom stereocenters. The minimum absolute atomic E-state index is 0.0971. The number of hydrogen-bond donors (Lipinski definition) is 2. The van der Waals surface area contributed by atoms with E-state index in [4.69, 9.17) is 16.3 Å². The van der Waals surface area contributed by atoms with Gasteiger partial charge in [-0.05, 0) is 25.7 Å². The molecule has 2 fully saturated rings. The smallest absolute Gasteiger partial charge is 0.241 e. The Morgan fingerprint density at radius 3 is 3.04 bits per heavy atom. The van der Waals surface area contributed by atoms with Crippen LogP contribution in [0, 0.1) is 0 Å². The predicted molar refractivity (Wildman–Crippen MR) is 85.8 cm³/mol. The molecule has 3 heterocycles. The number of aliphatic hydroxyl groups is 1. The first-order chi connectivity index (χ1) is 11.1. The van der Waals surface area contributed by atoms with E-state index in [-0.39, 0.29) is 11.5 Å². The second-order valence-corrected chi connectivity index (χ2v) is 6.78. The number of aromatic nitrogens is 4. The van der Waals surface area contributed by atoms with Crippen molar-refractivity contribution in [3.8, 4) is 0 Å². The molecule has 0 aromatic carbocycles. The van der Waals surface area contributed by atoms with E-state index in [0.717, 1.165) is 37.0 Å². The average Bonchev–Trinajstić information content (AvgIpc) is 3.29. The molecule has 8 heteroatoms. The van der Waals surface area contributed by atoms with Gasteiger partial charge in [0.2, 0.25) is 5.95 Å². The summed E-state index contributed by atoms with van der Waals surface area (Å²) in [5.41, 5.74) is 0.819. The summed E-state index contributed by atoms with van der Waals surface area (Å²) >= 11 is 6.25. The molecule has 0 bridgehead atoms. The van der Waals surface area contributed by atoms with E-state index in [0.29, 0.717) is 24.3 Å². The Hall–Kier alpha value is -1.44. The number of nitrogens with zero attached hydrogens (tertiary/aromatic N) is 4. The van der Waals surface area contributed by atoms with Gasteiger partial charge in [-0.15, -0.1) is 5.10 Å². The highest BCUT2D eigenvalue weighted by atomic mass is 35.5. The largest absolute Gasteiger partial charge is 0.389 e. The molecule has 124 valence electrons. The molecule has 7 nitrogen and oxygen atoms in total. The van der Waals surface area contributed by atoms with Crippen molar-refractivity contribution in [1.29, 1.82) is 0 Å². The van der Waals surface area contributed by atoms with Crippen LogP contribution >= 0.6 is 11.6 Å². The van der Waals surface area contributed by atoms with Crippen molar-refractivity contribution in [2.24, 2.45) is 0 Å². The number of halogens is 1. The summed E-state index contributed by atoms with van der Waals surface area (Å²) in [5, 5.41) is 18.2. The Morgan fingerprint density at radius 1 is 1.52 bits per heavy atom. The first kappa shape index (κ1) is 15.1. The maximum atomic E-state index is 10.00. The van der Waals surface area contributed by atoms with Crippen LogP contribution in [0.2, 0.25) is 5.15 Å². The van der Waals surface area contributed by atoms with Crippen molar-refractivity contribution in [3.63, 3.8) is 0 Å². The van der Waals surface area contributed by atoms with Crippen LogP contribution < -0.4 is 5.32 Å². The standard InChI is InChI=1S/C15H20ClN5O2/c1-2-15(4-5-15)13-19-12(16)10-7-17-14(20-21(10)13)18-9-3-6-23-8-11(9)22/h7,9,11,22H,2-6,8H2,1H3,(H,18,20)/t9-,11-/m1/s1. The van der Waals surface area contributed by atoms with Crippen molar-refractivity contribution in [1.82, 2.24) is 19.6 Å². The van der Waals surface area contributed by atoms with Crippen LogP contribution in [0.25, 0.3) is 5.52 Å². The number of aliphatic hydroxyl groups excluding tert-OH is 1. The van der Waals surface area contributed by atoms with Gasteiger partial charge in [-0.1, -0.05) is 18.5 Å². The molecule has 0 amide bonds. The molecule has 1 aliphatic heterocycles. The Balaban J connectivity index is 1.68. The van der Waals surface area contributed by atoms with Gasteiger partial charge in [-0.25, -0.2) is 14.5 Å². The zero-order valence-electron chi connectivity index (χ0n) is 13.0. The molecule has 2 aromatic rings. The van der Waals surface area contributed by atoms with E-state index >= 15 is 0 Å². The van der Waals surface area contributed by atoms with Crippen LogP contribution in [-0.4, -0.2) is 50.0 Å². The molecule has 2 N–H and O–H groups in total. The number of fused-ring (bicyclic) bond motifs is 1. The summed E-state index contributed by atoms with van der Waals surface area (Å²) in [6.07, 6.45) is 5.10. The van der Waals surface area contributed by atoms with Crippen LogP contribution in [-0.2, 0) is 10.2 Å². The quantitative estimate of drug-likeness (QED) is 0.884. The molecular formula is C15H20ClN5O2. The van der Waals surface area contributed by atoms with Gasteiger partial charge < -0.3 is 15.2 Å². The molecule has 0 spiro atoms. The Morgan fingerprint density at radius 2 is 2.35 bits per heavy atom. The van der Waals surface area contributed by atoms with Crippen LogP contribution in [0.1, 0.15) is 38.4 Å². The van der Waals surface area contributed by atoms with Gasteiger partial charge in [0.15, 0.2) is 5.15 Å². The lowest BCUT2D eigenvalue weighted by Crippen LogP contribution is -2.42. The van der Waals surface area contributed by atoms with E-state index in [1.807, 2.05) is 0 Å². The fourth-order valence-corrected chi connectivity index (χ4v) is 3.41. The monoisotopic (exact) mass is 337 g/mol. The molecule has 1 aliphatic carbocycles. The molecule has 1 saturated heterocycles. The summed E-state index contributed by atoms with van der Waals surface area (Å²) in [6, 6.07) is -0.107. The molecule has 2 aromatic heterocycles. The van der Waals surface area contributed by atoms with E-state index in [2.05, 4.69) is 27.3 Å². The molecular weight excluding hydrogens is 318 g/mol. The molecule has 2 aliphatic rings. The zero-order valence-corrected chi connectivity index (χ0v) is 13.8. The third kappa shape index (κ3) is 2.56. The van der Waals surface area contributed by atoms with E-state index < -0.39 is 6.10 Å². The predicted octanol–water partition coefficient (Wildman–Crippen LogP) is 1.78. The third-order valence-electron chi connectivity index (χ3n) is 4.99. The number of anilines is 1. The number of ether oxygens (including phenoxy) is 1. The van der Waals surface area contributed by atoms with Gasteiger partial charge >= 0.3 is 0 Å². The lowest BCUT2D eigenvalue weighted by Gasteiger charge is -2.28. The van der Waals surface area contributed by atoms with Crippen molar-refractivity contribution in [2.75, 3.05) is 18.5 Å². The summed E-state index contributed by atoms with van der Waals surface area (Å²) in [5.74, 6) is 1.39.